The number of benzene rings is 1. The van der Waals surface area contributed by atoms with Gasteiger partial charge in [-0.3, -0.25) is 4.79 Å². The van der Waals surface area contributed by atoms with Crippen LogP contribution in [0.4, 0.5) is 0 Å². The van der Waals surface area contributed by atoms with Gasteiger partial charge in [-0.1, -0.05) is 0 Å². The molecule has 0 aromatic heterocycles. The van der Waals surface area contributed by atoms with E-state index in [2.05, 4.69) is 12.1 Å². The van der Waals surface area contributed by atoms with Crippen molar-refractivity contribution in [2.24, 2.45) is 0 Å². The van der Waals surface area contributed by atoms with Crippen molar-refractivity contribution in [3.63, 3.8) is 0 Å². The summed E-state index contributed by atoms with van der Waals surface area (Å²) in [4.78, 5) is 14.1. The van der Waals surface area contributed by atoms with E-state index in [1.54, 1.807) is 14.0 Å². The Morgan fingerprint density at radius 2 is 2.00 bits per heavy atom. The fraction of sp³-hybridized carbons (Fsp3) is 0.417. The van der Waals surface area contributed by atoms with Crippen LogP contribution in [0.3, 0.4) is 0 Å². The van der Waals surface area contributed by atoms with Crippen LogP contribution < -0.4 is 4.74 Å². The first-order valence-corrected chi connectivity index (χ1v) is 6.13. The lowest BCUT2D eigenvalue weighted by molar-refractivity contribution is -0.131. The molecule has 2 rings (SSSR count). The van der Waals surface area contributed by atoms with E-state index in [4.69, 9.17) is 4.74 Å². The summed E-state index contributed by atoms with van der Waals surface area (Å²) in [6.45, 7) is 3.35. The first-order valence-electron chi connectivity index (χ1n) is 5.25. The van der Waals surface area contributed by atoms with Crippen LogP contribution in [-0.4, -0.2) is 36.3 Å². The number of hydrogen-bond acceptors (Lipinski definition) is 3. The van der Waals surface area contributed by atoms with E-state index >= 15 is 0 Å². The molecule has 1 aliphatic rings. The summed E-state index contributed by atoms with van der Waals surface area (Å²) in [5, 5.41) is 0.539. The van der Waals surface area contributed by atoms with Gasteiger partial charge in [-0.25, -0.2) is 0 Å². The minimum atomic E-state index is 0.173. The van der Waals surface area contributed by atoms with Crippen molar-refractivity contribution < 1.29 is 9.53 Å². The Hall–Kier alpha value is -1.16. The third-order valence-corrected chi connectivity index (χ3v) is 3.83. The van der Waals surface area contributed by atoms with Crippen LogP contribution in [0.2, 0.25) is 0 Å². The molecule has 1 amide bonds. The number of likely N-dealkylation sites (tertiary alicyclic amines) is 1. The third kappa shape index (κ3) is 2.50. The Balaban J connectivity index is 1.84. The maximum atomic E-state index is 11.0. The number of hydrogen-bond donors (Lipinski definition) is 0. The first-order chi connectivity index (χ1) is 7.69. The molecule has 86 valence electrons. The van der Waals surface area contributed by atoms with Crippen LogP contribution in [0.5, 0.6) is 5.75 Å². The van der Waals surface area contributed by atoms with Gasteiger partial charge in [0.05, 0.1) is 7.11 Å². The monoisotopic (exact) mass is 237 g/mol. The highest BCUT2D eigenvalue weighted by Crippen LogP contribution is 2.30. The summed E-state index contributed by atoms with van der Waals surface area (Å²) in [6.07, 6.45) is 0. The molecule has 0 spiro atoms. The number of carbonyl (C=O) groups excluding carboxylic acids is 1. The van der Waals surface area contributed by atoms with Crippen molar-refractivity contribution in [3.8, 4) is 5.75 Å². The standard InChI is InChI=1S/C12H15NO2S/c1-9(14)13-7-12(8-13)16-11-5-3-10(15-2)4-6-11/h3-6,12H,7-8H2,1-2H3. The molecule has 1 aromatic rings. The number of amides is 1. The number of ether oxygens (including phenoxy) is 1. The van der Waals surface area contributed by atoms with E-state index in [1.165, 1.54) is 4.90 Å². The van der Waals surface area contributed by atoms with Crippen molar-refractivity contribution in [3.05, 3.63) is 24.3 Å². The second-order valence-electron chi connectivity index (χ2n) is 3.84. The highest BCUT2D eigenvalue weighted by molar-refractivity contribution is 8.00. The summed E-state index contributed by atoms with van der Waals surface area (Å²) in [6, 6.07) is 8.04. The number of methoxy groups -OCH3 is 1. The zero-order valence-corrected chi connectivity index (χ0v) is 10.3. The lowest BCUT2D eigenvalue weighted by atomic mass is 10.2. The van der Waals surface area contributed by atoms with Gasteiger partial charge in [-0.05, 0) is 24.3 Å². The van der Waals surface area contributed by atoms with Crippen molar-refractivity contribution in [2.75, 3.05) is 20.2 Å². The summed E-state index contributed by atoms with van der Waals surface area (Å²) < 4.78 is 5.10. The number of rotatable bonds is 3. The van der Waals surface area contributed by atoms with Crippen LogP contribution in [0.25, 0.3) is 0 Å². The van der Waals surface area contributed by atoms with Crippen LogP contribution in [0, 0.1) is 0 Å². The van der Waals surface area contributed by atoms with Gasteiger partial charge in [-0.2, -0.15) is 0 Å². The summed E-state index contributed by atoms with van der Waals surface area (Å²) >= 11 is 1.82. The SMILES string of the molecule is COc1ccc(SC2CN(C(C)=O)C2)cc1. The smallest absolute Gasteiger partial charge is 0.219 e. The Bertz CT molecular complexity index is 371. The zero-order chi connectivity index (χ0) is 11.5. The fourth-order valence-electron chi connectivity index (χ4n) is 1.62. The molecular weight excluding hydrogens is 222 g/mol. The van der Waals surface area contributed by atoms with Gasteiger partial charge in [0.15, 0.2) is 0 Å². The molecule has 0 saturated carbocycles. The van der Waals surface area contributed by atoms with Crippen LogP contribution in [-0.2, 0) is 4.79 Å². The van der Waals surface area contributed by atoms with E-state index in [0.29, 0.717) is 5.25 Å². The molecule has 1 aromatic carbocycles. The number of thioether (sulfide) groups is 1. The summed E-state index contributed by atoms with van der Waals surface area (Å²) in [7, 11) is 1.67. The quantitative estimate of drug-likeness (QED) is 0.805. The van der Waals surface area contributed by atoms with Gasteiger partial charge in [0.2, 0.25) is 5.91 Å². The summed E-state index contributed by atoms with van der Waals surface area (Å²) in [5.74, 6) is 1.05. The predicted molar refractivity (Wildman–Crippen MR) is 64.9 cm³/mol. The van der Waals surface area contributed by atoms with Gasteiger partial charge in [0.1, 0.15) is 5.75 Å². The molecule has 0 N–H and O–H groups in total. The maximum absolute atomic E-state index is 11.0. The third-order valence-electron chi connectivity index (χ3n) is 2.66. The van der Waals surface area contributed by atoms with Gasteiger partial charge in [0.25, 0.3) is 0 Å². The Labute approximate surface area is 99.8 Å². The Morgan fingerprint density at radius 3 is 2.50 bits per heavy atom. The van der Waals surface area contributed by atoms with E-state index < -0.39 is 0 Å². The molecule has 1 heterocycles. The molecule has 0 radical (unpaired) electrons. The lowest BCUT2D eigenvalue weighted by Gasteiger charge is -2.38. The number of carbonyl (C=O) groups is 1. The molecule has 16 heavy (non-hydrogen) atoms. The normalized spacial score (nSPS) is 15.8. The van der Waals surface area contributed by atoms with Crippen LogP contribution >= 0.6 is 11.8 Å². The van der Waals surface area contributed by atoms with Gasteiger partial charge >= 0.3 is 0 Å². The molecular formula is C12H15NO2S. The van der Waals surface area contributed by atoms with E-state index in [-0.39, 0.29) is 5.91 Å². The van der Waals surface area contributed by atoms with Gasteiger partial charge < -0.3 is 9.64 Å². The largest absolute Gasteiger partial charge is 0.497 e. The average Bonchev–Trinajstić information content (AvgIpc) is 2.23. The maximum Gasteiger partial charge on any atom is 0.219 e. The summed E-state index contributed by atoms with van der Waals surface area (Å²) in [5.41, 5.74) is 0. The van der Waals surface area contributed by atoms with Crippen LogP contribution in [0.15, 0.2) is 29.2 Å². The molecule has 3 nitrogen and oxygen atoms in total. The zero-order valence-electron chi connectivity index (χ0n) is 9.47. The first kappa shape index (κ1) is 11.3. The molecule has 1 fully saturated rings. The topological polar surface area (TPSA) is 29.5 Å². The van der Waals surface area contributed by atoms with Crippen molar-refractivity contribution in [2.45, 2.75) is 17.1 Å². The Kier molecular flexibility index (Phi) is 3.39. The van der Waals surface area contributed by atoms with Crippen molar-refractivity contribution in [1.29, 1.82) is 0 Å². The second-order valence-corrected chi connectivity index (χ2v) is 5.21. The lowest BCUT2D eigenvalue weighted by Crippen LogP contribution is -2.51. The Morgan fingerprint density at radius 1 is 1.38 bits per heavy atom. The van der Waals surface area contributed by atoms with Crippen molar-refractivity contribution >= 4 is 17.7 Å². The van der Waals surface area contributed by atoms with Crippen LogP contribution in [0.1, 0.15) is 6.92 Å². The molecule has 0 atom stereocenters. The molecule has 0 bridgehead atoms. The highest BCUT2D eigenvalue weighted by Gasteiger charge is 2.28. The van der Waals surface area contributed by atoms with E-state index in [0.717, 1.165) is 18.8 Å². The van der Waals surface area contributed by atoms with E-state index in [9.17, 15) is 4.79 Å². The second kappa shape index (κ2) is 4.78. The minimum Gasteiger partial charge on any atom is -0.497 e. The van der Waals surface area contributed by atoms with Crippen molar-refractivity contribution in [1.82, 2.24) is 4.90 Å². The molecule has 1 aliphatic heterocycles. The van der Waals surface area contributed by atoms with E-state index in [1.807, 2.05) is 28.8 Å². The average molecular weight is 237 g/mol. The molecule has 0 aliphatic carbocycles. The number of nitrogens with zero attached hydrogens (tertiary/aromatic N) is 1. The predicted octanol–water partition coefficient (Wildman–Crippen LogP) is 2.02. The van der Waals surface area contributed by atoms with Gasteiger partial charge in [-0.15, -0.1) is 11.8 Å². The highest BCUT2D eigenvalue weighted by atomic mass is 32.2. The minimum absolute atomic E-state index is 0.173. The molecule has 0 unspecified atom stereocenters. The fourth-order valence-corrected chi connectivity index (χ4v) is 2.80. The van der Waals surface area contributed by atoms with Gasteiger partial charge in [0, 0.05) is 30.2 Å². The molecule has 4 heteroatoms. The molecule has 1 saturated heterocycles.